The summed E-state index contributed by atoms with van der Waals surface area (Å²) in [5, 5.41) is 35.1. The predicted octanol–water partition coefficient (Wildman–Crippen LogP) is 2.90. The first kappa shape index (κ1) is 52.2. The Hall–Kier alpha value is -2.39. The van der Waals surface area contributed by atoms with E-state index in [-0.39, 0.29) is 30.9 Å². The van der Waals surface area contributed by atoms with Gasteiger partial charge < -0.3 is 72.5 Å². The standard InChI is InChI=1S/C45H76N2O15/c1-25-22-31(20-21-48)41(62-44-39(52)38(47(10)11)40(28(4)58-44)61-37-24-45(7,53)43(29(5)57-37)59-30(6)49)42(54-12)33(50)23-35(51)55-26(2)16-14-13-15-17-34(25)60-36-19-18-32(46(8)9)27(3)56-36/h13-15,17,21,25-29,31-34,36-44,50,52-53H,16,18-20,22-24H2,1-12H3/b14-13+,17-15+/t25-,26-,27-,28-,29+,31+,32+,33-,34+,36+,37+,38-,39-,40-,41+,42+,43+,44+,45-/m1/s1. The Labute approximate surface area is 368 Å². The molecular weight excluding hydrogens is 808 g/mol. The van der Waals surface area contributed by atoms with Crippen molar-refractivity contribution >= 4 is 18.2 Å². The molecule has 3 fully saturated rings. The molecule has 0 saturated carbocycles. The average Bonchev–Trinajstić information content (AvgIpc) is 3.16. The van der Waals surface area contributed by atoms with Crippen LogP contribution in [0.4, 0.5) is 0 Å². The summed E-state index contributed by atoms with van der Waals surface area (Å²) in [4.78, 5) is 41.4. The summed E-state index contributed by atoms with van der Waals surface area (Å²) in [6.45, 7) is 12.1. The van der Waals surface area contributed by atoms with Crippen molar-refractivity contribution in [1.82, 2.24) is 9.80 Å². The fraction of sp³-hybridized carbons (Fsp3) is 0.844. The lowest BCUT2D eigenvalue weighted by Gasteiger charge is -2.50. The van der Waals surface area contributed by atoms with Crippen LogP contribution < -0.4 is 0 Å². The third-order valence-electron chi connectivity index (χ3n) is 12.6. The van der Waals surface area contributed by atoms with Crippen LogP contribution >= 0.6 is 0 Å². The summed E-state index contributed by atoms with van der Waals surface area (Å²) >= 11 is 0. The number of hydrogen-bond acceptors (Lipinski definition) is 17. The number of carbonyl (C=O) groups excluding carboxylic acids is 3. The van der Waals surface area contributed by atoms with Crippen molar-refractivity contribution in [1.29, 1.82) is 0 Å². The zero-order valence-corrected chi connectivity index (χ0v) is 38.9. The molecule has 0 unspecified atom stereocenters. The van der Waals surface area contributed by atoms with E-state index in [2.05, 4.69) is 4.90 Å². The van der Waals surface area contributed by atoms with Crippen LogP contribution in [0.3, 0.4) is 0 Å². The number of methoxy groups -OCH3 is 1. The maximum atomic E-state index is 13.1. The second-order valence-electron chi connectivity index (χ2n) is 18.4. The van der Waals surface area contributed by atoms with E-state index >= 15 is 0 Å². The summed E-state index contributed by atoms with van der Waals surface area (Å²) in [5.74, 6) is -2.05. The van der Waals surface area contributed by atoms with Gasteiger partial charge >= 0.3 is 11.9 Å². The van der Waals surface area contributed by atoms with Gasteiger partial charge in [-0.15, -0.1) is 0 Å². The number of rotatable bonds is 12. The molecule has 19 atom stereocenters. The molecule has 0 amide bonds. The van der Waals surface area contributed by atoms with Gasteiger partial charge in [0.1, 0.15) is 36.3 Å². The van der Waals surface area contributed by atoms with Crippen LogP contribution in [0, 0.1) is 11.8 Å². The third-order valence-corrected chi connectivity index (χ3v) is 12.6. The van der Waals surface area contributed by atoms with Crippen molar-refractivity contribution in [2.75, 3.05) is 35.3 Å². The molecule has 0 aliphatic carbocycles. The zero-order chi connectivity index (χ0) is 46.1. The first-order valence-electron chi connectivity index (χ1n) is 22.2. The van der Waals surface area contributed by atoms with E-state index in [1.54, 1.807) is 46.7 Å². The topological polar surface area (TPSA) is 201 Å². The average molecular weight is 885 g/mol. The van der Waals surface area contributed by atoms with Crippen molar-refractivity contribution in [2.24, 2.45) is 11.8 Å². The van der Waals surface area contributed by atoms with E-state index in [1.165, 1.54) is 14.0 Å². The highest BCUT2D eigenvalue weighted by atomic mass is 16.7. The minimum absolute atomic E-state index is 0.0203. The van der Waals surface area contributed by atoms with Crippen LogP contribution in [0.15, 0.2) is 24.3 Å². The van der Waals surface area contributed by atoms with Crippen molar-refractivity contribution in [3.05, 3.63) is 24.3 Å². The smallest absolute Gasteiger partial charge is 0.308 e. The van der Waals surface area contributed by atoms with Gasteiger partial charge in [0.25, 0.3) is 0 Å². The van der Waals surface area contributed by atoms with Gasteiger partial charge in [-0.2, -0.15) is 0 Å². The lowest BCUT2D eigenvalue weighted by atomic mass is 9.82. The Morgan fingerprint density at radius 2 is 1.60 bits per heavy atom. The summed E-state index contributed by atoms with van der Waals surface area (Å²) in [6, 6.07) is -0.501. The second-order valence-corrected chi connectivity index (χ2v) is 18.4. The van der Waals surface area contributed by atoms with Crippen LogP contribution in [0.1, 0.15) is 93.4 Å². The molecule has 4 aliphatic heterocycles. The molecule has 3 saturated heterocycles. The van der Waals surface area contributed by atoms with Crippen molar-refractivity contribution < 1.29 is 72.3 Å². The van der Waals surface area contributed by atoms with Crippen LogP contribution in [0.2, 0.25) is 0 Å². The highest BCUT2D eigenvalue weighted by Gasteiger charge is 2.52. The molecular formula is C45H76N2O15. The lowest BCUT2D eigenvalue weighted by molar-refractivity contribution is -0.344. The molecule has 17 heteroatoms. The van der Waals surface area contributed by atoms with Crippen LogP contribution in [0.5, 0.6) is 0 Å². The van der Waals surface area contributed by atoms with E-state index in [0.29, 0.717) is 19.3 Å². The second kappa shape index (κ2) is 23.7. The Bertz CT molecular complexity index is 1480. The quantitative estimate of drug-likeness (QED) is 0.191. The third kappa shape index (κ3) is 14.1. The number of esters is 2. The molecule has 17 nitrogen and oxygen atoms in total. The van der Waals surface area contributed by atoms with Gasteiger partial charge in [-0.05, 0) is 93.9 Å². The Balaban J connectivity index is 1.65. The molecule has 0 bridgehead atoms. The molecule has 62 heavy (non-hydrogen) atoms. The number of nitrogens with zero attached hydrogens (tertiary/aromatic N) is 2. The highest BCUT2D eigenvalue weighted by molar-refractivity contribution is 5.70. The number of allylic oxidation sites excluding steroid dienone is 2. The van der Waals surface area contributed by atoms with E-state index in [9.17, 15) is 29.7 Å². The summed E-state index contributed by atoms with van der Waals surface area (Å²) in [5.41, 5.74) is -1.48. The first-order chi connectivity index (χ1) is 29.2. The number of ether oxygens (including phenoxy) is 9. The normalized spacial score (nSPS) is 44.0. The monoisotopic (exact) mass is 885 g/mol. The van der Waals surface area contributed by atoms with E-state index in [0.717, 1.165) is 12.7 Å². The summed E-state index contributed by atoms with van der Waals surface area (Å²) in [6.07, 6.45) is -1.69. The first-order valence-corrected chi connectivity index (χ1v) is 22.2. The van der Waals surface area contributed by atoms with Crippen molar-refractivity contribution in [3.8, 4) is 0 Å². The number of cyclic esters (lactones) is 1. The number of aliphatic hydroxyl groups excluding tert-OH is 2. The number of aliphatic hydroxyl groups is 3. The molecule has 3 N–H and O–H groups in total. The minimum Gasteiger partial charge on any atom is -0.462 e. The number of aldehydes is 1. The van der Waals surface area contributed by atoms with Crippen LogP contribution in [0.25, 0.3) is 0 Å². The highest BCUT2D eigenvalue weighted by Crippen LogP contribution is 2.38. The Morgan fingerprint density at radius 3 is 2.19 bits per heavy atom. The van der Waals surface area contributed by atoms with Gasteiger partial charge in [-0.1, -0.05) is 31.2 Å². The predicted molar refractivity (Wildman–Crippen MR) is 226 cm³/mol. The van der Waals surface area contributed by atoms with Gasteiger partial charge in [-0.3, -0.25) is 9.59 Å². The maximum absolute atomic E-state index is 13.1. The molecule has 0 aromatic heterocycles. The molecule has 4 heterocycles. The molecule has 0 spiro atoms. The van der Waals surface area contributed by atoms with Crippen LogP contribution in [-0.4, -0.2) is 182 Å². The zero-order valence-electron chi connectivity index (χ0n) is 38.9. The number of likely N-dealkylation sites (N-methyl/N-ethyl adjacent to an activating group) is 2. The number of hydrogen-bond donors (Lipinski definition) is 3. The molecule has 0 aromatic carbocycles. The summed E-state index contributed by atoms with van der Waals surface area (Å²) < 4.78 is 55.7. The Kier molecular flexibility index (Phi) is 20.0. The molecule has 4 aliphatic rings. The van der Waals surface area contributed by atoms with E-state index < -0.39 is 116 Å². The lowest BCUT2D eigenvalue weighted by Crippen LogP contribution is -2.66. The Morgan fingerprint density at radius 1 is 0.903 bits per heavy atom. The van der Waals surface area contributed by atoms with Crippen molar-refractivity contribution in [2.45, 2.75) is 197 Å². The maximum Gasteiger partial charge on any atom is 0.308 e. The fourth-order valence-corrected chi connectivity index (χ4v) is 9.49. The van der Waals surface area contributed by atoms with Gasteiger partial charge in [-0.25, -0.2) is 0 Å². The molecule has 0 aromatic rings. The molecule has 0 radical (unpaired) electrons. The summed E-state index contributed by atoms with van der Waals surface area (Å²) in [7, 11) is 9.01. The molecule has 4 rings (SSSR count). The SMILES string of the molecule is CO[C@@H]1[C@@H](O[C@@H]2O[C@H](C)[C@@H](O[C@H]3C[C@@](C)(O)[C@@H](OC(C)=O)[C@H](C)O3)[C@H](N(C)C)[C@H]2O)[C@@H](CC=O)C[C@@H](C)[C@@H](O[C@H]2CC[C@H](N(C)C)[C@@H](C)O2)/C=C/C=C/C[C@@H](C)OC(=O)C[C@H]1O. The number of carbonyl (C=O) groups is 3. The molecule has 356 valence electrons. The minimum atomic E-state index is -1.48. The van der Waals surface area contributed by atoms with Crippen LogP contribution in [-0.2, 0) is 57.0 Å². The van der Waals surface area contributed by atoms with Crippen molar-refractivity contribution in [3.63, 3.8) is 0 Å². The van der Waals surface area contributed by atoms with E-state index in [4.69, 9.17) is 42.6 Å². The largest absolute Gasteiger partial charge is 0.462 e. The van der Waals surface area contributed by atoms with Gasteiger partial charge in [0, 0.05) is 39.3 Å². The fourth-order valence-electron chi connectivity index (χ4n) is 9.49. The van der Waals surface area contributed by atoms with Gasteiger partial charge in [0.2, 0.25) is 0 Å². The van der Waals surface area contributed by atoms with E-state index in [1.807, 2.05) is 52.2 Å². The van der Waals surface area contributed by atoms with Gasteiger partial charge in [0.05, 0.1) is 49.1 Å². The van der Waals surface area contributed by atoms with Gasteiger partial charge in [0.15, 0.2) is 25.0 Å².